The third-order valence-electron chi connectivity index (χ3n) is 3.33. The van der Waals surface area contributed by atoms with Gasteiger partial charge in [-0.1, -0.05) is 6.07 Å². The summed E-state index contributed by atoms with van der Waals surface area (Å²) >= 11 is 0. The molecule has 0 aromatic carbocycles. The predicted molar refractivity (Wildman–Crippen MR) is 80.6 cm³/mol. The quantitative estimate of drug-likeness (QED) is 0.517. The minimum absolute atomic E-state index is 0.0945. The van der Waals surface area contributed by atoms with Crippen LogP contribution in [-0.2, 0) is 9.47 Å². The van der Waals surface area contributed by atoms with E-state index in [-0.39, 0.29) is 18.1 Å². The zero-order valence-electron chi connectivity index (χ0n) is 13.0. The van der Waals surface area contributed by atoms with Gasteiger partial charge in [0, 0.05) is 12.4 Å². The Morgan fingerprint density at radius 1 is 1.43 bits per heavy atom. The molecule has 23 heavy (non-hydrogen) atoms. The van der Waals surface area contributed by atoms with Crippen LogP contribution in [0.2, 0.25) is 0 Å². The van der Waals surface area contributed by atoms with E-state index < -0.39 is 17.0 Å². The number of nitro groups is 1. The van der Waals surface area contributed by atoms with Crippen molar-refractivity contribution >= 4 is 6.16 Å². The van der Waals surface area contributed by atoms with Gasteiger partial charge < -0.3 is 14.8 Å². The van der Waals surface area contributed by atoms with Gasteiger partial charge >= 0.3 is 6.16 Å². The van der Waals surface area contributed by atoms with Gasteiger partial charge in [0.25, 0.3) is 5.70 Å². The largest absolute Gasteiger partial charge is 0.513 e. The molecule has 0 spiro atoms. The second-order valence-corrected chi connectivity index (χ2v) is 4.89. The van der Waals surface area contributed by atoms with Crippen LogP contribution in [0.1, 0.15) is 32.3 Å². The molecule has 1 aliphatic rings. The van der Waals surface area contributed by atoms with Crippen molar-refractivity contribution in [2.24, 2.45) is 0 Å². The molecule has 1 unspecified atom stereocenters. The van der Waals surface area contributed by atoms with E-state index in [1.54, 1.807) is 39.1 Å². The van der Waals surface area contributed by atoms with Crippen LogP contribution >= 0.6 is 0 Å². The van der Waals surface area contributed by atoms with E-state index >= 15 is 0 Å². The standard InChI is InChI=1S/C15H17N3O5/c1-4-22-15(19)23-14-10(3)17-9(2)13(18(20)21)12(14)11-6-5-7-16-8-11/h5-8,12,17H,4H2,1-3H3. The summed E-state index contributed by atoms with van der Waals surface area (Å²) in [6, 6.07) is 3.36. The highest BCUT2D eigenvalue weighted by atomic mass is 16.7. The highest BCUT2D eigenvalue weighted by molar-refractivity contribution is 5.62. The maximum Gasteiger partial charge on any atom is 0.513 e. The van der Waals surface area contributed by atoms with Gasteiger partial charge in [-0.25, -0.2) is 4.79 Å². The average Bonchev–Trinajstić information content (AvgIpc) is 2.50. The monoisotopic (exact) mass is 319 g/mol. The van der Waals surface area contributed by atoms with Gasteiger partial charge in [0.1, 0.15) is 11.7 Å². The van der Waals surface area contributed by atoms with Crippen LogP contribution in [0.5, 0.6) is 0 Å². The Morgan fingerprint density at radius 2 is 2.17 bits per heavy atom. The Kier molecular flexibility index (Phi) is 4.95. The van der Waals surface area contributed by atoms with Gasteiger partial charge in [-0.15, -0.1) is 0 Å². The summed E-state index contributed by atoms with van der Waals surface area (Å²) in [7, 11) is 0. The molecule has 1 aromatic heterocycles. The summed E-state index contributed by atoms with van der Waals surface area (Å²) in [5, 5.41) is 14.4. The van der Waals surface area contributed by atoms with Gasteiger partial charge in [-0.05, 0) is 32.4 Å². The molecule has 1 N–H and O–H groups in total. The predicted octanol–water partition coefficient (Wildman–Crippen LogP) is 2.68. The Balaban J connectivity index is 2.51. The first kappa shape index (κ1) is 16.5. The topological polar surface area (TPSA) is 104 Å². The van der Waals surface area contributed by atoms with Crippen molar-refractivity contribution in [2.75, 3.05) is 6.61 Å². The molecule has 0 aliphatic carbocycles. The average molecular weight is 319 g/mol. The molecule has 2 heterocycles. The van der Waals surface area contributed by atoms with Gasteiger partial charge in [-0.2, -0.15) is 0 Å². The van der Waals surface area contributed by atoms with Gasteiger partial charge in [-0.3, -0.25) is 15.1 Å². The number of carbonyl (C=O) groups is 1. The first-order chi connectivity index (χ1) is 11.0. The number of nitrogens with one attached hydrogen (secondary N) is 1. The molecule has 0 fully saturated rings. The lowest BCUT2D eigenvalue weighted by Crippen LogP contribution is -2.30. The fraction of sp³-hybridized carbons (Fsp3) is 0.333. The number of allylic oxidation sites excluding steroid dienone is 2. The summed E-state index contributed by atoms with van der Waals surface area (Å²) in [6.07, 6.45) is 2.17. The molecule has 0 radical (unpaired) electrons. The van der Waals surface area contributed by atoms with E-state index in [2.05, 4.69) is 10.3 Å². The number of pyridine rings is 1. The maximum atomic E-state index is 11.7. The number of hydrogen-bond acceptors (Lipinski definition) is 7. The molecule has 1 atom stereocenters. The van der Waals surface area contributed by atoms with Crippen molar-refractivity contribution in [3.63, 3.8) is 0 Å². The Bertz CT molecular complexity index is 682. The number of rotatable bonds is 4. The number of carbonyl (C=O) groups excluding carboxylic acids is 1. The van der Waals surface area contributed by atoms with Crippen LogP contribution in [0, 0.1) is 10.1 Å². The molecule has 0 saturated heterocycles. The van der Waals surface area contributed by atoms with E-state index in [0.29, 0.717) is 17.0 Å². The van der Waals surface area contributed by atoms with Gasteiger partial charge in [0.15, 0.2) is 0 Å². The number of dihydropyridines is 1. The summed E-state index contributed by atoms with van der Waals surface area (Å²) in [5.74, 6) is -0.710. The van der Waals surface area contributed by atoms with Crippen molar-refractivity contribution < 1.29 is 19.2 Å². The molecular formula is C15H17N3O5. The zero-order chi connectivity index (χ0) is 17.0. The molecule has 0 saturated carbocycles. The summed E-state index contributed by atoms with van der Waals surface area (Å²) < 4.78 is 10.0. The first-order valence-electron chi connectivity index (χ1n) is 7.03. The molecule has 0 bridgehead atoms. The van der Waals surface area contributed by atoms with E-state index in [1.165, 1.54) is 6.20 Å². The minimum Gasteiger partial charge on any atom is -0.434 e. The fourth-order valence-corrected chi connectivity index (χ4v) is 2.43. The Morgan fingerprint density at radius 3 is 2.74 bits per heavy atom. The number of aromatic nitrogens is 1. The van der Waals surface area contributed by atoms with Gasteiger partial charge in [0.05, 0.1) is 22.9 Å². The number of nitrogens with zero attached hydrogens (tertiary/aromatic N) is 2. The lowest BCUT2D eigenvalue weighted by atomic mass is 9.90. The summed E-state index contributed by atoms with van der Waals surface area (Å²) in [6.45, 7) is 5.07. The van der Waals surface area contributed by atoms with E-state index in [0.717, 1.165) is 0 Å². The first-order valence-corrected chi connectivity index (χ1v) is 7.03. The smallest absolute Gasteiger partial charge is 0.434 e. The molecular weight excluding hydrogens is 302 g/mol. The molecule has 8 heteroatoms. The molecule has 0 amide bonds. The summed E-state index contributed by atoms with van der Waals surface area (Å²) in [5.41, 5.74) is 1.36. The Labute approximate surface area is 133 Å². The maximum absolute atomic E-state index is 11.7. The second kappa shape index (κ2) is 6.91. The van der Waals surface area contributed by atoms with E-state index in [4.69, 9.17) is 9.47 Å². The van der Waals surface area contributed by atoms with Crippen LogP contribution in [0.15, 0.2) is 47.4 Å². The van der Waals surface area contributed by atoms with Crippen molar-refractivity contribution in [1.82, 2.24) is 10.3 Å². The zero-order valence-corrected chi connectivity index (χ0v) is 13.0. The van der Waals surface area contributed by atoms with Crippen LogP contribution in [0.4, 0.5) is 4.79 Å². The third kappa shape index (κ3) is 3.47. The number of hydrogen-bond donors (Lipinski definition) is 1. The molecule has 2 rings (SSSR count). The summed E-state index contributed by atoms with van der Waals surface area (Å²) in [4.78, 5) is 26.7. The van der Waals surface area contributed by atoms with Crippen molar-refractivity contribution in [2.45, 2.75) is 26.7 Å². The number of ether oxygens (including phenoxy) is 2. The SMILES string of the molecule is CCOC(=O)OC1=C(C)NC(C)=C([N+](=O)[O-])C1c1cccnc1. The van der Waals surface area contributed by atoms with E-state index in [1.807, 2.05) is 0 Å². The highest BCUT2D eigenvalue weighted by Crippen LogP contribution is 2.38. The van der Waals surface area contributed by atoms with Gasteiger partial charge in [0.2, 0.25) is 0 Å². The highest BCUT2D eigenvalue weighted by Gasteiger charge is 2.39. The molecule has 8 nitrogen and oxygen atoms in total. The lowest BCUT2D eigenvalue weighted by molar-refractivity contribution is -0.431. The van der Waals surface area contributed by atoms with Crippen LogP contribution in [-0.4, -0.2) is 22.7 Å². The van der Waals surface area contributed by atoms with Crippen molar-refractivity contribution in [3.05, 3.63) is 63.1 Å². The van der Waals surface area contributed by atoms with E-state index in [9.17, 15) is 14.9 Å². The second-order valence-electron chi connectivity index (χ2n) is 4.89. The molecule has 122 valence electrons. The van der Waals surface area contributed by atoms with Crippen LogP contribution in [0.25, 0.3) is 0 Å². The minimum atomic E-state index is -0.903. The fourth-order valence-electron chi connectivity index (χ4n) is 2.43. The lowest BCUT2D eigenvalue weighted by Gasteiger charge is -2.26. The molecule has 1 aliphatic heterocycles. The molecule has 1 aromatic rings. The third-order valence-corrected chi connectivity index (χ3v) is 3.33. The van der Waals surface area contributed by atoms with Crippen molar-refractivity contribution in [3.8, 4) is 0 Å². The normalized spacial score (nSPS) is 17.6. The van der Waals surface area contributed by atoms with Crippen LogP contribution < -0.4 is 5.32 Å². The van der Waals surface area contributed by atoms with Crippen molar-refractivity contribution in [1.29, 1.82) is 0 Å². The Hall–Kier alpha value is -2.90. The van der Waals surface area contributed by atoms with Crippen LogP contribution in [0.3, 0.4) is 0 Å².